The average molecular weight is 480 g/mol. The van der Waals surface area contributed by atoms with Crippen LogP contribution in [0.1, 0.15) is 58.3 Å². The Morgan fingerprint density at radius 2 is 1.59 bits per heavy atom. The van der Waals surface area contributed by atoms with Crippen LogP contribution < -0.4 is 20.9 Å². The Balaban J connectivity index is 1.38. The highest BCUT2D eigenvalue weighted by Gasteiger charge is 2.13. The van der Waals surface area contributed by atoms with Gasteiger partial charge in [0.05, 0.1) is 4.88 Å². The molecular weight excluding hydrogens is 450 g/mol. The maximum Gasteiger partial charge on any atom is 0.269 e. The highest BCUT2D eigenvalue weighted by molar-refractivity contribution is 7.12. The van der Waals surface area contributed by atoms with Crippen LogP contribution in [-0.2, 0) is 16.8 Å². The molecule has 0 saturated heterocycles. The van der Waals surface area contributed by atoms with E-state index in [2.05, 4.69) is 49.1 Å². The molecule has 0 atom stereocenters. The summed E-state index contributed by atoms with van der Waals surface area (Å²) < 4.78 is 5.83. The smallest absolute Gasteiger partial charge is 0.269 e. The van der Waals surface area contributed by atoms with Crippen molar-refractivity contribution in [3.63, 3.8) is 0 Å². The summed E-state index contributed by atoms with van der Waals surface area (Å²) in [5.41, 5.74) is 7.39. The molecule has 1 heterocycles. The molecule has 8 heteroatoms. The molecule has 0 aliphatic rings. The average Bonchev–Trinajstić information content (AvgIpc) is 3.36. The first kappa shape index (κ1) is 25.0. The fourth-order valence-corrected chi connectivity index (χ4v) is 3.66. The highest BCUT2D eigenvalue weighted by Crippen LogP contribution is 2.24. The number of benzene rings is 2. The van der Waals surface area contributed by atoms with Gasteiger partial charge in [-0.1, -0.05) is 51.1 Å². The molecular formula is C26H29N3O4S. The summed E-state index contributed by atoms with van der Waals surface area (Å²) in [5.74, 6) is -0.273. The van der Waals surface area contributed by atoms with Gasteiger partial charge in [-0.25, -0.2) is 0 Å². The van der Waals surface area contributed by atoms with Crippen LogP contribution in [0.3, 0.4) is 0 Å². The number of hydrogen-bond donors (Lipinski definition) is 3. The van der Waals surface area contributed by atoms with Gasteiger partial charge in [0.15, 0.2) is 0 Å². The predicted octanol–water partition coefficient (Wildman–Crippen LogP) is 4.21. The summed E-state index contributed by atoms with van der Waals surface area (Å²) >= 11 is 1.33. The van der Waals surface area contributed by atoms with Gasteiger partial charge in [0.2, 0.25) is 5.91 Å². The first-order valence-electron chi connectivity index (χ1n) is 11.0. The number of carbonyl (C=O) groups excluding carboxylic acids is 3. The Labute approximate surface area is 203 Å². The molecule has 3 N–H and O–H groups in total. The molecule has 0 radical (unpaired) electrons. The second kappa shape index (κ2) is 11.5. The molecule has 0 saturated carbocycles. The zero-order chi connectivity index (χ0) is 24.6. The number of thiophene rings is 1. The standard InChI is InChI=1S/C26H29N3O4S/c1-26(2,3)20-10-12-21(13-11-20)33-17-18-6-8-19(9-7-18)24(31)29-28-23(30)14-15-27-25(32)22-5-4-16-34-22/h4-13,16H,14-15,17H2,1-3H3,(H,27,32)(H,28,30)(H,29,31). The van der Waals surface area contributed by atoms with Crippen LogP contribution in [0, 0.1) is 0 Å². The van der Waals surface area contributed by atoms with Crippen LogP contribution in [0.15, 0.2) is 66.0 Å². The third-order valence-corrected chi connectivity index (χ3v) is 5.91. The molecule has 0 fully saturated rings. The van der Waals surface area contributed by atoms with Crippen molar-refractivity contribution in [2.45, 2.75) is 39.2 Å². The summed E-state index contributed by atoms with van der Waals surface area (Å²) in [6.45, 7) is 7.05. The van der Waals surface area contributed by atoms with E-state index < -0.39 is 11.8 Å². The van der Waals surface area contributed by atoms with E-state index in [-0.39, 0.29) is 24.3 Å². The molecule has 7 nitrogen and oxygen atoms in total. The minimum Gasteiger partial charge on any atom is -0.489 e. The van der Waals surface area contributed by atoms with Crippen molar-refractivity contribution < 1.29 is 19.1 Å². The lowest BCUT2D eigenvalue weighted by molar-refractivity contribution is -0.121. The number of hydrazine groups is 1. The van der Waals surface area contributed by atoms with Crippen LogP contribution >= 0.6 is 11.3 Å². The zero-order valence-corrected chi connectivity index (χ0v) is 20.3. The van der Waals surface area contributed by atoms with E-state index in [1.807, 2.05) is 17.5 Å². The van der Waals surface area contributed by atoms with E-state index >= 15 is 0 Å². The van der Waals surface area contributed by atoms with Crippen molar-refractivity contribution in [2.75, 3.05) is 6.54 Å². The maximum absolute atomic E-state index is 12.3. The third-order valence-electron chi connectivity index (χ3n) is 5.04. The van der Waals surface area contributed by atoms with Crippen molar-refractivity contribution >= 4 is 29.1 Å². The van der Waals surface area contributed by atoms with Gasteiger partial charge >= 0.3 is 0 Å². The first-order valence-corrected chi connectivity index (χ1v) is 11.8. The summed E-state index contributed by atoms with van der Waals surface area (Å²) in [6, 6.07) is 18.5. The van der Waals surface area contributed by atoms with Gasteiger partial charge in [0.25, 0.3) is 11.8 Å². The Kier molecular flexibility index (Phi) is 8.43. The normalized spacial score (nSPS) is 10.9. The minimum atomic E-state index is -0.429. The van der Waals surface area contributed by atoms with Crippen molar-refractivity contribution in [1.82, 2.24) is 16.2 Å². The van der Waals surface area contributed by atoms with Gasteiger partial charge in [0.1, 0.15) is 12.4 Å². The quantitative estimate of drug-likeness (QED) is 0.422. The van der Waals surface area contributed by atoms with Crippen molar-refractivity contribution in [3.8, 4) is 5.75 Å². The van der Waals surface area contributed by atoms with E-state index in [9.17, 15) is 14.4 Å². The van der Waals surface area contributed by atoms with Crippen LogP contribution in [0.5, 0.6) is 5.75 Å². The number of hydrogen-bond acceptors (Lipinski definition) is 5. The van der Waals surface area contributed by atoms with E-state index in [0.29, 0.717) is 17.0 Å². The summed E-state index contributed by atoms with van der Waals surface area (Å²) in [5, 5.41) is 4.47. The molecule has 0 aliphatic carbocycles. The molecule has 178 valence electrons. The SMILES string of the molecule is CC(C)(C)c1ccc(OCc2ccc(C(=O)NNC(=O)CCNC(=O)c3cccs3)cc2)cc1. The fourth-order valence-electron chi connectivity index (χ4n) is 3.02. The van der Waals surface area contributed by atoms with Gasteiger partial charge in [-0.3, -0.25) is 25.2 Å². The molecule has 0 bridgehead atoms. The van der Waals surface area contributed by atoms with Crippen LogP contribution in [0.25, 0.3) is 0 Å². The molecule has 2 aromatic carbocycles. The van der Waals surface area contributed by atoms with Crippen LogP contribution in [0.2, 0.25) is 0 Å². The second-order valence-corrected chi connectivity index (χ2v) is 9.69. The second-order valence-electron chi connectivity index (χ2n) is 8.75. The first-order chi connectivity index (χ1) is 16.2. The minimum absolute atomic E-state index is 0.0460. The number of nitrogens with one attached hydrogen (secondary N) is 3. The molecule has 34 heavy (non-hydrogen) atoms. The van der Waals surface area contributed by atoms with Crippen LogP contribution in [0.4, 0.5) is 0 Å². The Morgan fingerprint density at radius 1 is 0.882 bits per heavy atom. The molecule has 0 unspecified atom stereocenters. The lowest BCUT2D eigenvalue weighted by atomic mass is 9.87. The van der Waals surface area contributed by atoms with Gasteiger partial charge in [-0.15, -0.1) is 11.3 Å². The van der Waals surface area contributed by atoms with Crippen molar-refractivity contribution in [1.29, 1.82) is 0 Å². The summed E-state index contributed by atoms with van der Waals surface area (Å²) in [7, 11) is 0. The van der Waals surface area contributed by atoms with Gasteiger partial charge in [-0.2, -0.15) is 0 Å². The summed E-state index contributed by atoms with van der Waals surface area (Å²) in [4.78, 5) is 36.6. The van der Waals surface area contributed by atoms with E-state index in [1.165, 1.54) is 16.9 Å². The predicted molar refractivity (Wildman–Crippen MR) is 133 cm³/mol. The van der Waals surface area contributed by atoms with Crippen molar-refractivity contribution in [3.05, 3.63) is 87.6 Å². The van der Waals surface area contributed by atoms with Crippen molar-refractivity contribution in [2.24, 2.45) is 0 Å². The maximum atomic E-state index is 12.3. The molecule has 1 aromatic heterocycles. The van der Waals surface area contributed by atoms with Gasteiger partial charge in [0, 0.05) is 18.5 Å². The summed E-state index contributed by atoms with van der Waals surface area (Å²) in [6.07, 6.45) is 0.0460. The Bertz CT molecular complexity index is 1100. The zero-order valence-electron chi connectivity index (χ0n) is 19.5. The molecule has 3 amide bonds. The lowest BCUT2D eigenvalue weighted by Gasteiger charge is -2.19. The lowest BCUT2D eigenvalue weighted by Crippen LogP contribution is -2.42. The Morgan fingerprint density at radius 3 is 2.21 bits per heavy atom. The number of carbonyl (C=O) groups is 3. The number of amides is 3. The van der Waals surface area contributed by atoms with E-state index in [1.54, 1.807) is 36.4 Å². The van der Waals surface area contributed by atoms with Gasteiger partial charge < -0.3 is 10.1 Å². The molecule has 0 spiro atoms. The fraction of sp³-hybridized carbons (Fsp3) is 0.269. The van der Waals surface area contributed by atoms with Crippen LogP contribution in [-0.4, -0.2) is 24.3 Å². The molecule has 0 aliphatic heterocycles. The largest absolute Gasteiger partial charge is 0.489 e. The topological polar surface area (TPSA) is 96.5 Å². The monoisotopic (exact) mass is 479 g/mol. The van der Waals surface area contributed by atoms with Gasteiger partial charge in [-0.05, 0) is 52.3 Å². The number of ether oxygens (including phenoxy) is 1. The highest BCUT2D eigenvalue weighted by atomic mass is 32.1. The number of rotatable bonds is 8. The van der Waals surface area contributed by atoms with E-state index in [4.69, 9.17) is 4.74 Å². The molecule has 3 rings (SSSR count). The molecule has 3 aromatic rings. The third kappa shape index (κ3) is 7.45. The Hall–Kier alpha value is -3.65. The van der Waals surface area contributed by atoms with E-state index in [0.717, 1.165) is 11.3 Å².